The van der Waals surface area contributed by atoms with Crippen LogP contribution < -0.4 is 4.74 Å². The number of amides is 1. The van der Waals surface area contributed by atoms with Gasteiger partial charge in [-0.25, -0.2) is 0 Å². The lowest BCUT2D eigenvalue weighted by Gasteiger charge is -2.26. The molecule has 2 aromatic rings. The van der Waals surface area contributed by atoms with Crippen LogP contribution in [-0.2, 0) is 19.7 Å². The van der Waals surface area contributed by atoms with E-state index in [-0.39, 0.29) is 29.9 Å². The third-order valence-corrected chi connectivity index (χ3v) is 6.37. The second kappa shape index (κ2) is 11.1. The SMILES string of the molecule is CCCCOc1ccc(C(O)=C2C(=O)C(=O)N(CCOC)[C@@H]2c2ccc(C(C)(C)C)cc2)cc1C. The zero-order valence-corrected chi connectivity index (χ0v) is 21.7. The molecular weight excluding hydrogens is 442 g/mol. The molecule has 35 heavy (non-hydrogen) atoms. The van der Waals surface area contributed by atoms with Gasteiger partial charge in [-0.2, -0.15) is 0 Å². The molecule has 2 aromatic carbocycles. The molecule has 0 unspecified atom stereocenters. The summed E-state index contributed by atoms with van der Waals surface area (Å²) >= 11 is 0. The molecule has 6 nitrogen and oxygen atoms in total. The van der Waals surface area contributed by atoms with E-state index in [0.717, 1.165) is 35.3 Å². The van der Waals surface area contributed by atoms with Gasteiger partial charge in [0, 0.05) is 19.2 Å². The van der Waals surface area contributed by atoms with Gasteiger partial charge in [-0.05, 0) is 53.6 Å². The average molecular weight is 480 g/mol. The summed E-state index contributed by atoms with van der Waals surface area (Å²) < 4.78 is 11.0. The maximum Gasteiger partial charge on any atom is 0.295 e. The molecule has 1 aliphatic heterocycles. The third kappa shape index (κ3) is 5.76. The van der Waals surface area contributed by atoms with Crippen molar-refractivity contribution in [2.75, 3.05) is 26.9 Å². The lowest BCUT2D eigenvalue weighted by molar-refractivity contribution is -0.140. The number of benzene rings is 2. The van der Waals surface area contributed by atoms with Gasteiger partial charge in [0.1, 0.15) is 11.5 Å². The molecule has 0 bridgehead atoms. The largest absolute Gasteiger partial charge is 0.507 e. The Morgan fingerprint density at radius 2 is 1.74 bits per heavy atom. The number of carbonyl (C=O) groups excluding carboxylic acids is 2. The Balaban J connectivity index is 2.06. The molecule has 188 valence electrons. The van der Waals surface area contributed by atoms with Crippen LogP contribution in [0.5, 0.6) is 5.75 Å². The molecule has 1 saturated heterocycles. The minimum absolute atomic E-state index is 0.0329. The molecule has 0 aliphatic carbocycles. The van der Waals surface area contributed by atoms with Crippen LogP contribution in [0.2, 0.25) is 0 Å². The van der Waals surface area contributed by atoms with Crippen LogP contribution in [0.4, 0.5) is 0 Å². The molecule has 0 spiro atoms. The summed E-state index contributed by atoms with van der Waals surface area (Å²) in [5.41, 5.74) is 3.30. The number of methoxy groups -OCH3 is 1. The van der Waals surface area contributed by atoms with E-state index >= 15 is 0 Å². The quantitative estimate of drug-likeness (QED) is 0.221. The van der Waals surface area contributed by atoms with Crippen molar-refractivity contribution in [2.24, 2.45) is 0 Å². The first-order valence-electron chi connectivity index (χ1n) is 12.2. The van der Waals surface area contributed by atoms with Crippen LogP contribution in [0.15, 0.2) is 48.0 Å². The van der Waals surface area contributed by atoms with Gasteiger partial charge in [0.05, 0.1) is 24.8 Å². The van der Waals surface area contributed by atoms with Crippen molar-refractivity contribution in [1.82, 2.24) is 4.90 Å². The minimum Gasteiger partial charge on any atom is -0.507 e. The molecule has 1 aliphatic rings. The summed E-state index contributed by atoms with van der Waals surface area (Å²) in [6.45, 7) is 11.5. The number of hydrogen-bond acceptors (Lipinski definition) is 5. The van der Waals surface area contributed by atoms with Crippen molar-refractivity contribution in [2.45, 2.75) is 58.9 Å². The van der Waals surface area contributed by atoms with Gasteiger partial charge in [-0.3, -0.25) is 9.59 Å². The second-order valence-electron chi connectivity index (χ2n) is 10.0. The highest BCUT2D eigenvalue weighted by Crippen LogP contribution is 2.40. The van der Waals surface area contributed by atoms with Crippen LogP contribution >= 0.6 is 0 Å². The highest BCUT2D eigenvalue weighted by atomic mass is 16.5. The number of ether oxygens (including phenoxy) is 2. The Morgan fingerprint density at radius 1 is 1.06 bits per heavy atom. The summed E-state index contributed by atoms with van der Waals surface area (Å²) in [4.78, 5) is 27.6. The Morgan fingerprint density at radius 3 is 2.31 bits per heavy atom. The molecule has 0 aromatic heterocycles. The summed E-state index contributed by atoms with van der Waals surface area (Å²) in [7, 11) is 1.55. The summed E-state index contributed by atoms with van der Waals surface area (Å²) in [5.74, 6) is -0.768. The molecule has 1 atom stereocenters. The first kappa shape index (κ1) is 26.5. The average Bonchev–Trinajstić information content (AvgIpc) is 3.07. The molecule has 1 heterocycles. The maximum atomic E-state index is 13.2. The molecular formula is C29H37NO5. The topological polar surface area (TPSA) is 76.1 Å². The van der Waals surface area contributed by atoms with E-state index in [1.54, 1.807) is 25.3 Å². The summed E-state index contributed by atoms with van der Waals surface area (Å²) in [6, 6.07) is 12.5. The highest BCUT2D eigenvalue weighted by Gasteiger charge is 2.45. The van der Waals surface area contributed by atoms with E-state index in [4.69, 9.17) is 9.47 Å². The van der Waals surface area contributed by atoms with Gasteiger partial charge in [0.25, 0.3) is 11.7 Å². The van der Waals surface area contributed by atoms with Crippen molar-refractivity contribution < 1.29 is 24.2 Å². The number of nitrogens with zero attached hydrogens (tertiary/aromatic N) is 1. The molecule has 3 rings (SSSR count). The number of Topliss-reactive ketones (excluding diaryl/α,β-unsaturated/α-hetero) is 1. The van der Waals surface area contributed by atoms with Crippen LogP contribution in [0.1, 0.15) is 68.8 Å². The van der Waals surface area contributed by atoms with E-state index in [1.165, 1.54) is 4.90 Å². The first-order valence-corrected chi connectivity index (χ1v) is 12.2. The number of hydrogen-bond donors (Lipinski definition) is 1. The zero-order valence-electron chi connectivity index (χ0n) is 21.7. The molecule has 1 amide bonds. The second-order valence-corrected chi connectivity index (χ2v) is 10.0. The number of aliphatic hydroxyl groups excluding tert-OH is 1. The number of unbranched alkanes of at least 4 members (excludes halogenated alkanes) is 1. The zero-order chi connectivity index (χ0) is 25.8. The fourth-order valence-corrected chi connectivity index (χ4v) is 4.25. The van der Waals surface area contributed by atoms with E-state index in [0.29, 0.717) is 12.2 Å². The Labute approximate surface area is 208 Å². The van der Waals surface area contributed by atoms with Crippen molar-refractivity contribution >= 4 is 17.4 Å². The normalized spacial score (nSPS) is 17.8. The molecule has 0 radical (unpaired) electrons. The van der Waals surface area contributed by atoms with Crippen LogP contribution in [0, 0.1) is 6.92 Å². The number of likely N-dealkylation sites (tertiary alicyclic amines) is 1. The number of carbonyl (C=O) groups is 2. The maximum absolute atomic E-state index is 13.2. The van der Waals surface area contributed by atoms with Gasteiger partial charge in [-0.1, -0.05) is 58.4 Å². The van der Waals surface area contributed by atoms with E-state index in [2.05, 4.69) is 27.7 Å². The lowest BCUT2D eigenvalue weighted by Crippen LogP contribution is -2.32. The van der Waals surface area contributed by atoms with Gasteiger partial charge in [0.15, 0.2) is 0 Å². The molecule has 6 heteroatoms. The molecule has 0 saturated carbocycles. The Hall–Kier alpha value is -3.12. The van der Waals surface area contributed by atoms with Gasteiger partial charge >= 0.3 is 0 Å². The Kier molecular flexibility index (Phi) is 8.39. The number of aliphatic hydroxyl groups is 1. The fraction of sp³-hybridized carbons (Fsp3) is 0.448. The smallest absolute Gasteiger partial charge is 0.295 e. The van der Waals surface area contributed by atoms with E-state index in [9.17, 15) is 14.7 Å². The van der Waals surface area contributed by atoms with Crippen LogP contribution in [0.3, 0.4) is 0 Å². The Bertz CT molecular complexity index is 1100. The lowest BCUT2D eigenvalue weighted by atomic mass is 9.85. The van der Waals surface area contributed by atoms with Crippen LogP contribution in [-0.4, -0.2) is 48.6 Å². The van der Waals surface area contributed by atoms with Gasteiger partial charge < -0.3 is 19.5 Å². The predicted molar refractivity (Wildman–Crippen MR) is 138 cm³/mol. The molecule has 1 fully saturated rings. The van der Waals surface area contributed by atoms with Crippen molar-refractivity contribution in [1.29, 1.82) is 0 Å². The first-order chi connectivity index (χ1) is 16.6. The number of ketones is 1. The summed E-state index contributed by atoms with van der Waals surface area (Å²) in [6.07, 6.45) is 2.00. The fourth-order valence-electron chi connectivity index (χ4n) is 4.25. The van der Waals surface area contributed by atoms with E-state index in [1.807, 2.05) is 31.2 Å². The monoisotopic (exact) mass is 479 g/mol. The third-order valence-electron chi connectivity index (χ3n) is 6.37. The van der Waals surface area contributed by atoms with Crippen molar-refractivity contribution in [3.63, 3.8) is 0 Å². The summed E-state index contributed by atoms with van der Waals surface area (Å²) in [5, 5.41) is 11.3. The highest BCUT2D eigenvalue weighted by molar-refractivity contribution is 6.46. The number of rotatable bonds is 9. The standard InChI is InChI=1S/C29H37NO5/c1-7-8-16-35-23-14-11-21(18-19(23)2)26(31)24-25(30(15-17-34-6)28(33)27(24)32)20-9-12-22(13-10-20)29(3,4)5/h9-14,18,25,31H,7-8,15-17H2,1-6H3/t25-/m1/s1. The van der Waals surface area contributed by atoms with Crippen molar-refractivity contribution in [3.05, 3.63) is 70.3 Å². The van der Waals surface area contributed by atoms with Gasteiger partial charge in [0.2, 0.25) is 0 Å². The number of aryl methyl sites for hydroxylation is 1. The molecule has 1 N–H and O–H groups in total. The van der Waals surface area contributed by atoms with E-state index < -0.39 is 17.7 Å². The van der Waals surface area contributed by atoms with Crippen molar-refractivity contribution in [3.8, 4) is 5.75 Å². The van der Waals surface area contributed by atoms with Crippen LogP contribution in [0.25, 0.3) is 5.76 Å². The van der Waals surface area contributed by atoms with Gasteiger partial charge in [-0.15, -0.1) is 0 Å². The predicted octanol–water partition coefficient (Wildman–Crippen LogP) is 5.54. The minimum atomic E-state index is -0.694.